The minimum Gasteiger partial charge on any atom is -0.494 e. The number of hydrogen-bond acceptors (Lipinski definition) is 2. The first-order chi connectivity index (χ1) is 8.69. The fourth-order valence-electron chi connectivity index (χ4n) is 1.82. The summed E-state index contributed by atoms with van der Waals surface area (Å²) in [6.45, 7) is -0.233. The molecule has 0 aliphatic heterocycles. The van der Waals surface area contributed by atoms with E-state index in [1.165, 1.54) is 19.2 Å². The largest absolute Gasteiger partial charge is 0.494 e. The SMILES string of the molecule is COc1ccc(-c2ccccc2CO)c(F)c1F. The molecule has 18 heavy (non-hydrogen) atoms. The minimum absolute atomic E-state index is 0.109. The number of hydrogen-bond donors (Lipinski definition) is 1. The van der Waals surface area contributed by atoms with Gasteiger partial charge < -0.3 is 9.84 Å². The van der Waals surface area contributed by atoms with Crippen molar-refractivity contribution in [2.24, 2.45) is 0 Å². The van der Waals surface area contributed by atoms with Crippen molar-refractivity contribution in [3.63, 3.8) is 0 Å². The zero-order chi connectivity index (χ0) is 13.1. The fourth-order valence-corrected chi connectivity index (χ4v) is 1.82. The van der Waals surface area contributed by atoms with Crippen LogP contribution in [-0.4, -0.2) is 12.2 Å². The number of ether oxygens (including phenoxy) is 1. The van der Waals surface area contributed by atoms with Crippen LogP contribution in [0.3, 0.4) is 0 Å². The molecule has 0 amide bonds. The molecule has 0 aromatic heterocycles. The molecule has 0 aliphatic carbocycles. The molecule has 0 heterocycles. The molecule has 0 unspecified atom stereocenters. The van der Waals surface area contributed by atoms with Gasteiger partial charge in [0.25, 0.3) is 0 Å². The Bertz CT molecular complexity index is 568. The van der Waals surface area contributed by atoms with Gasteiger partial charge >= 0.3 is 0 Å². The van der Waals surface area contributed by atoms with Crippen molar-refractivity contribution in [3.8, 4) is 16.9 Å². The topological polar surface area (TPSA) is 29.5 Å². The molecule has 0 saturated carbocycles. The molecule has 0 radical (unpaired) electrons. The van der Waals surface area contributed by atoms with Crippen molar-refractivity contribution in [1.29, 1.82) is 0 Å². The van der Waals surface area contributed by atoms with Crippen LogP contribution < -0.4 is 4.74 Å². The molecular formula is C14H12F2O2. The summed E-state index contributed by atoms with van der Waals surface area (Å²) in [5, 5.41) is 9.20. The van der Waals surface area contributed by atoms with Gasteiger partial charge in [0.15, 0.2) is 11.6 Å². The average molecular weight is 250 g/mol. The van der Waals surface area contributed by atoms with Crippen molar-refractivity contribution >= 4 is 0 Å². The highest BCUT2D eigenvalue weighted by Gasteiger charge is 2.16. The Hall–Kier alpha value is -1.94. The first kappa shape index (κ1) is 12.5. The van der Waals surface area contributed by atoms with Gasteiger partial charge in [0.1, 0.15) is 0 Å². The Balaban J connectivity index is 2.61. The van der Waals surface area contributed by atoms with E-state index in [1.807, 2.05) is 0 Å². The summed E-state index contributed by atoms with van der Waals surface area (Å²) in [7, 11) is 1.28. The Labute approximate surface area is 103 Å². The average Bonchev–Trinajstić information content (AvgIpc) is 2.42. The molecule has 0 saturated heterocycles. The van der Waals surface area contributed by atoms with E-state index in [-0.39, 0.29) is 17.9 Å². The normalized spacial score (nSPS) is 10.4. The van der Waals surface area contributed by atoms with E-state index < -0.39 is 11.6 Å². The number of aliphatic hydroxyl groups excluding tert-OH is 1. The first-order valence-corrected chi connectivity index (χ1v) is 5.40. The summed E-state index contributed by atoms with van der Waals surface area (Å²) < 4.78 is 32.2. The molecule has 2 nitrogen and oxygen atoms in total. The van der Waals surface area contributed by atoms with Gasteiger partial charge in [-0.05, 0) is 23.3 Å². The number of halogens is 2. The van der Waals surface area contributed by atoms with E-state index in [0.717, 1.165) is 0 Å². The second-order valence-electron chi connectivity index (χ2n) is 3.76. The van der Waals surface area contributed by atoms with Crippen LogP contribution in [0.5, 0.6) is 5.75 Å². The minimum atomic E-state index is -1.03. The summed E-state index contributed by atoms with van der Waals surface area (Å²) in [5.41, 5.74) is 1.12. The lowest BCUT2D eigenvalue weighted by Gasteiger charge is -2.10. The quantitative estimate of drug-likeness (QED) is 0.906. The van der Waals surface area contributed by atoms with Gasteiger partial charge in [-0.1, -0.05) is 24.3 Å². The van der Waals surface area contributed by atoms with Crippen LogP contribution >= 0.6 is 0 Å². The number of methoxy groups -OCH3 is 1. The second-order valence-corrected chi connectivity index (χ2v) is 3.76. The van der Waals surface area contributed by atoms with Crippen LogP contribution in [-0.2, 0) is 6.61 Å². The number of aliphatic hydroxyl groups is 1. The highest BCUT2D eigenvalue weighted by molar-refractivity contribution is 5.68. The van der Waals surface area contributed by atoms with E-state index in [1.54, 1.807) is 24.3 Å². The van der Waals surface area contributed by atoms with E-state index in [4.69, 9.17) is 4.74 Å². The molecule has 0 spiro atoms. The third kappa shape index (κ3) is 2.07. The summed E-state index contributed by atoms with van der Waals surface area (Å²) in [6, 6.07) is 9.53. The summed E-state index contributed by atoms with van der Waals surface area (Å²) >= 11 is 0. The lowest BCUT2D eigenvalue weighted by molar-refractivity contribution is 0.282. The maximum Gasteiger partial charge on any atom is 0.201 e. The van der Waals surface area contributed by atoms with Crippen molar-refractivity contribution < 1.29 is 18.6 Å². The standard InChI is InChI=1S/C14H12F2O2/c1-18-12-7-6-11(13(15)14(12)16)10-5-3-2-4-9(10)8-17/h2-7,17H,8H2,1H3. The zero-order valence-electron chi connectivity index (χ0n) is 9.78. The summed E-state index contributed by atoms with van der Waals surface area (Å²) in [5.74, 6) is -2.14. The van der Waals surface area contributed by atoms with Gasteiger partial charge in [0, 0.05) is 5.56 Å². The van der Waals surface area contributed by atoms with E-state index >= 15 is 0 Å². The van der Waals surface area contributed by atoms with Gasteiger partial charge in [-0.2, -0.15) is 4.39 Å². The predicted octanol–water partition coefficient (Wildman–Crippen LogP) is 3.13. The second kappa shape index (κ2) is 5.14. The molecule has 1 N–H and O–H groups in total. The van der Waals surface area contributed by atoms with Gasteiger partial charge in [0.05, 0.1) is 13.7 Å². The van der Waals surface area contributed by atoms with E-state index in [2.05, 4.69) is 0 Å². The monoisotopic (exact) mass is 250 g/mol. The van der Waals surface area contributed by atoms with Gasteiger partial charge in [-0.25, -0.2) is 4.39 Å². The van der Waals surface area contributed by atoms with Gasteiger partial charge in [-0.15, -0.1) is 0 Å². The summed E-state index contributed by atoms with van der Waals surface area (Å²) in [6.07, 6.45) is 0. The van der Waals surface area contributed by atoms with Crippen molar-refractivity contribution in [3.05, 3.63) is 53.6 Å². The molecule has 4 heteroatoms. The Morgan fingerprint density at radius 3 is 2.39 bits per heavy atom. The van der Waals surface area contributed by atoms with Gasteiger partial charge in [0.2, 0.25) is 5.82 Å². The molecule has 2 aromatic carbocycles. The van der Waals surface area contributed by atoms with E-state index in [0.29, 0.717) is 11.1 Å². The van der Waals surface area contributed by atoms with Crippen LogP contribution in [0.4, 0.5) is 8.78 Å². The van der Waals surface area contributed by atoms with Crippen molar-refractivity contribution in [2.45, 2.75) is 6.61 Å². The Morgan fingerprint density at radius 1 is 1.00 bits per heavy atom. The predicted molar refractivity (Wildman–Crippen MR) is 64.3 cm³/mol. The van der Waals surface area contributed by atoms with Crippen molar-refractivity contribution in [2.75, 3.05) is 7.11 Å². The summed E-state index contributed by atoms with van der Waals surface area (Å²) in [4.78, 5) is 0. The lowest BCUT2D eigenvalue weighted by Crippen LogP contribution is -1.97. The smallest absolute Gasteiger partial charge is 0.201 e. The van der Waals surface area contributed by atoms with Crippen LogP contribution in [0.1, 0.15) is 5.56 Å². The Kier molecular flexibility index (Phi) is 3.58. The lowest BCUT2D eigenvalue weighted by atomic mass is 9.99. The third-order valence-electron chi connectivity index (χ3n) is 2.74. The van der Waals surface area contributed by atoms with Gasteiger partial charge in [-0.3, -0.25) is 0 Å². The maximum absolute atomic E-state index is 13.9. The molecule has 2 aromatic rings. The van der Waals surface area contributed by atoms with E-state index in [9.17, 15) is 13.9 Å². The van der Waals surface area contributed by atoms with Crippen LogP contribution in [0.25, 0.3) is 11.1 Å². The Morgan fingerprint density at radius 2 is 1.72 bits per heavy atom. The number of rotatable bonds is 3. The highest BCUT2D eigenvalue weighted by Crippen LogP contribution is 2.31. The highest BCUT2D eigenvalue weighted by atomic mass is 19.2. The molecule has 2 rings (SSSR count). The molecule has 94 valence electrons. The first-order valence-electron chi connectivity index (χ1n) is 5.40. The third-order valence-corrected chi connectivity index (χ3v) is 2.74. The molecular weight excluding hydrogens is 238 g/mol. The van der Waals surface area contributed by atoms with Crippen LogP contribution in [0, 0.1) is 11.6 Å². The zero-order valence-corrected chi connectivity index (χ0v) is 9.78. The van der Waals surface area contributed by atoms with Crippen molar-refractivity contribution in [1.82, 2.24) is 0 Å². The molecule has 0 bridgehead atoms. The molecule has 0 fully saturated rings. The molecule has 0 atom stereocenters. The number of benzene rings is 2. The molecule has 0 aliphatic rings. The van der Waals surface area contributed by atoms with Crippen LogP contribution in [0.15, 0.2) is 36.4 Å². The fraction of sp³-hybridized carbons (Fsp3) is 0.143. The van der Waals surface area contributed by atoms with Crippen LogP contribution in [0.2, 0.25) is 0 Å². The maximum atomic E-state index is 13.9.